The molecule has 0 aliphatic carbocycles. The van der Waals surface area contributed by atoms with Crippen LogP contribution in [0.4, 0.5) is 0 Å². The van der Waals surface area contributed by atoms with Gasteiger partial charge in [0, 0.05) is 6.54 Å². The van der Waals surface area contributed by atoms with Crippen LogP contribution in [0.1, 0.15) is 5.56 Å². The lowest BCUT2D eigenvalue weighted by atomic mass is 10.2. The van der Waals surface area contributed by atoms with E-state index in [-0.39, 0.29) is 16.4 Å². The van der Waals surface area contributed by atoms with Crippen LogP contribution in [0.3, 0.4) is 0 Å². The number of hydrogen-bond donors (Lipinski definition) is 3. The molecule has 0 spiro atoms. The number of aromatic nitrogens is 2. The van der Waals surface area contributed by atoms with E-state index in [0.29, 0.717) is 15.4 Å². The van der Waals surface area contributed by atoms with Crippen molar-refractivity contribution in [3.05, 3.63) is 50.7 Å². The molecule has 0 fully saturated rings. The summed E-state index contributed by atoms with van der Waals surface area (Å²) in [7, 11) is -3.58. The Morgan fingerprint density at radius 3 is 2.62 bits per heavy atom. The Morgan fingerprint density at radius 2 is 1.90 bits per heavy atom. The van der Waals surface area contributed by atoms with Gasteiger partial charge in [0.05, 0.1) is 15.4 Å². The number of aromatic amines is 2. The Morgan fingerprint density at radius 1 is 1.14 bits per heavy atom. The van der Waals surface area contributed by atoms with E-state index in [1.165, 1.54) is 12.1 Å². The summed E-state index contributed by atoms with van der Waals surface area (Å²) in [6, 6.07) is 8.19. The normalized spacial score (nSPS) is 12.0. The minimum Gasteiger partial charge on any atom is -0.306 e. The minimum absolute atomic E-state index is 0.126. The number of nitrogens with one attached hydrogen (secondary N) is 3. The fraction of sp³-hybridized carbons (Fsp3) is 0.0833. The minimum atomic E-state index is -3.58. The molecule has 1 aromatic carbocycles. The maximum atomic E-state index is 12.1. The summed E-state index contributed by atoms with van der Waals surface area (Å²) in [5.74, 6) is 0. The zero-order chi connectivity index (χ0) is 15.0. The molecule has 0 amide bonds. The third-order valence-corrected chi connectivity index (χ3v) is 5.98. The van der Waals surface area contributed by atoms with Gasteiger partial charge < -0.3 is 9.97 Å². The Kier molecular flexibility index (Phi) is 3.62. The molecule has 0 saturated heterocycles. The topological polar surface area (TPSA) is 94.8 Å². The highest BCUT2D eigenvalue weighted by atomic mass is 35.5. The van der Waals surface area contributed by atoms with Crippen LogP contribution in [0.2, 0.25) is 4.34 Å². The van der Waals surface area contributed by atoms with Gasteiger partial charge in [-0.3, -0.25) is 0 Å². The zero-order valence-electron chi connectivity index (χ0n) is 10.5. The molecular weight excluding hydrogens is 334 g/mol. The lowest BCUT2D eigenvalue weighted by Gasteiger charge is -2.05. The third-order valence-electron chi connectivity index (χ3n) is 2.86. The summed E-state index contributed by atoms with van der Waals surface area (Å²) in [5.41, 5.74) is 1.76. The molecule has 3 rings (SSSR count). The first kappa shape index (κ1) is 14.3. The number of hydrogen-bond acceptors (Lipinski definition) is 4. The van der Waals surface area contributed by atoms with E-state index in [9.17, 15) is 13.2 Å². The van der Waals surface area contributed by atoms with Gasteiger partial charge in [0.15, 0.2) is 0 Å². The zero-order valence-corrected chi connectivity index (χ0v) is 12.9. The van der Waals surface area contributed by atoms with E-state index >= 15 is 0 Å². The summed E-state index contributed by atoms with van der Waals surface area (Å²) >= 11 is 6.74. The molecule has 0 saturated carbocycles. The van der Waals surface area contributed by atoms with Gasteiger partial charge in [-0.05, 0) is 29.8 Å². The summed E-state index contributed by atoms with van der Waals surface area (Å²) < 4.78 is 27.2. The Balaban J connectivity index is 1.81. The van der Waals surface area contributed by atoms with Crippen LogP contribution in [-0.2, 0) is 16.6 Å². The molecule has 0 radical (unpaired) electrons. The first-order valence-electron chi connectivity index (χ1n) is 5.90. The van der Waals surface area contributed by atoms with E-state index < -0.39 is 10.0 Å². The van der Waals surface area contributed by atoms with Crippen molar-refractivity contribution in [3.63, 3.8) is 0 Å². The Bertz CT molecular complexity index is 955. The van der Waals surface area contributed by atoms with Gasteiger partial charge >= 0.3 is 5.69 Å². The number of thiophene rings is 1. The van der Waals surface area contributed by atoms with Crippen LogP contribution >= 0.6 is 22.9 Å². The second kappa shape index (κ2) is 5.30. The molecule has 0 aliphatic rings. The van der Waals surface area contributed by atoms with Crippen LogP contribution in [0.25, 0.3) is 11.0 Å². The molecule has 2 aromatic heterocycles. The molecule has 21 heavy (non-hydrogen) atoms. The van der Waals surface area contributed by atoms with Crippen molar-refractivity contribution in [2.45, 2.75) is 10.8 Å². The monoisotopic (exact) mass is 343 g/mol. The average molecular weight is 344 g/mol. The first-order valence-corrected chi connectivity index (χ1v) is 8.58. The van der Waals surface area contributed by atoms with E-state index in [2.05, 4.69) is 14.7 Å². The SMILES string of the molecule is O=c1[nH]c2ccc(CNS(=O)(=O)c3ccc(Cl)s3)cc2[nH]1. The predicted molar refractivity (Wildman–Crippen MR) is 82.3 cm³/mol. The van der Waals surface area contributed by atoms with Crippen LogP contribution in [-0.4, -0.2) is 18.4 Å². The Hall–Kier alpha value is -1.61. The van der Waals surface area contributed by atoms with Gasteiger partial charge in [-0.15, -0.1) is 11.3 Å². The summed E-state index contributed by atoms with van der Waals surface area (Å²) in [5, 5.41) is 0. The van der Waals surface area contributed by atoms with Crippen molar-refractivity contribution in [1.82, 2.24) is 14.7 Å². The van der Waals surface area contributed by atoms with Crippen molar-refractivity contribution in [1.29, 1.82) is 0 Å². The highest BCUT2D eigenvalue weighted by Gasteiger charge is 2.16. The van der Waals surface area contributed by atoms with Gasteiger partial charge in [0.1, 0.15) is 4.21 Å². The van der Waals surface area contributed by atoms with Crippen molar-refractivity contribution < 1.29 is 8.42 Å². The maximum absolute atomic E-state index is 12.1. The molecule has 2 heterocycles. The number of rotatable bonds is 4. The van der Waals surface area contributed by atoms with E-state index in [1.807, 2.05) is 0 Å². The molecule has 0 atom stereocenters. The number of H-pyrrole nitrogens is 2. The molecular formula is C12H10ClN3O3S2. The molecule has 110 valence electrons. The molecule has 0 unspecified atom stereocenters. The molecule has 9 heteroatoms. The standard InChI is InChI=1S/C12H10ClN3O3S2/c13-10-3-4-11(20-10)21(18,19)14-6-7-1-2-8-9(5-7)16-12(17)15-8/h1-5,14H,6H2,(H2,15,16,17). The molecule has 3 N–H and O–H groups in total. The largest absolute Gasteiger partial charge is 0.323 e. The van der Waals surface area contributed by atoms with Crippen LogP contribution < -0.4 is 10.4 Å². The second-order valence-corrected chi connectivity index (χ2v) is 8.05. The van der Waals surface area contributed by atoms with Gasteiger partial charge in [-0.25, -0.2) is 17.9 Å². The predicted octanol–water partition coefficient (Wildman–Crippen LogP) is 2.05. The fourth-order valence-corrected chi connectivity index (χ4v) is 4.43. The lowest BCUT2D eigenvalue weighted by Crippen LogP contribution is -2.22. The second-order valence-electron chi connectivity index (χ2n) is 4.34. The third kappa shape index (κ3) is 3.03. The number of fused-ring (bicyclic) bond motifs is 1. The number of imidazole rings is 1. The van der Waals surface area contributed by atoms with Crippen molar-refractivity contribution in [2.24, 2.45) is 0 Å². The van der Waals surface area contributed by atoms with E-state index in [1.54, 1.807) is 18.2 Å². The highest BCUT2D eigenvalue weighted by Crippen LogP contribution is 2.25. The molecule has 0 bridgehead atoms. The van der Waals surface area contributed by atoms with Crippen LogP contribution in [0, 0.1) is 0 Å². The molecule has 0 aliphatic heterocycles. The van der Waals surface area contributed by atoms with E-state index in [0.717, 1.165) is 16.9 Å². The number of sulfonamides is 1. The average Bonchev–Trinajstić information content (AvgIpc) is 3.01. The summed E-state index contributed by atoms with van der Waals surface area (Å²) in [4.78, 5) is 16.4. The van der Waals surface area contributed by atoms with Crippen molar-refractivity contribution >= 4 is 44.0 Å². The maximum Gasteiger partial charge on any atom is 0.323 e. The summed E-state index contributed by atoms with van der Waals surface area (Å²) in [6.07, 6.45) is 0. The van der Waals surface area contributed by atoms with Crippen LogP contribution in [0.15, 0.2) is 39.3 Å². The van der Waals surface area contributed by atoms with Crippen LogP contribution in [0.5, 0.6) is 0 Å². The van der Waals surface area contributed by atoms with Crippen molar-refractivity contribution in [2.75, 3.05) is 0 Å². The highest BCUT2D eigenvalue weighted by molar-refractivity contribution is 7.91. The number of benzene rings is 1. The summed E-state index contributed by atoms with van der Waals surface area (Å²) in [6.45, 7) is 0.126. The molecule has 3 aromatic rings. The Labute approximate surface area is 128 Å². The van der Waals surface area contributed by atoms with Gasteiger partial charge in [0.2, 0.25) is 10.0 Å². The van der Waals surface area contributed by atoms with Crippen molar-refractivity contribution in [3.8, 4) is 0 Å². The fourth-order valence-electron chi connectivity index (χ4n) is 1.88. The lowest BCUT2D eigenvalue weighted by molar-refractivity contribution is 0.583. The number of halogens is 1. The van der Waals surface area contributed by atoms with Gasteiger partial charge in [-0.1, -0.05) is 17.7 Å². The quantitative estimate of drug-likeness (QED) is 0.676. The molecule has 6 nitrogen and oxygen atoms in total. The smallest absolute Gasteiger partial charge is 0.306 e. The van der Waals surface area contributed by atoms with Gasteiger partial charge in [0.25, 0.3) is 0 Å². The first-order chi connectivity index (χ1) is 9.94. The van der Waals surface area contributed by atoms with Gasteiger partial charge in [-0.2, -0.15) is 0 Å². The van der Waals surface area contributed by atoms with E-state index in [4.69, 9.17) is 11.6 Å².